The number of nitrogens with zero attached hydrogens (tertiary/aromatic N) is 6. The monoisotopic (exact) mass is 819 g/mol. The molecule has 7 nitrogen and oxygen atoms in total. The number of rotatable bonds is 6. The van der Waals surface area contributed by atoms with E-state index in [2.05, 4.69) is 160 Å². The zero-order chi connectivity index (χ0) is 42.1. The van der Waals surface area contributed by atoms with Gasteiger partial charge in [-0.25, -0.2) is 19.9 Å². The molecular weight excluding hydrogens is 783 g/mol. The van der Waals surface area contributed by atoms with Crippen LogP contribution in [-0.4, -0.2) is 31.0 Å². The molecule has 0 amide bonds. The molecule has 0 bridgehead atoms. The average Bonchev–Trinajstić information content (AvgIpc) is 3.71. The van der Waals surface area contributed by atoms with Gasteiger partial charge in [0.15, 0.2) is 17.5 Å². The first kappa shape index (κ1) is 36.0. The Labute approximate surface area is 368 Å². The number of benzene rings is 8. The van der Waals surface area contributed by atoms with Gasteiger partial charge in [0.1, 0.15) is 5.82 Å². The second kappa shape index (κ2) is 14.5. The number of hydrogen-bond acceptors (Lipinski definition) is 6. The molecule has 0 radical (unpaired) electrons. The van der Waals surface area contributed by atoms with Gasteiger partial charge in [-0.2, -0.15) is 0 Å². The molecule has 0 saturated carbocycles. The highest BCUT2D eigenvalue weighted by Gasteiger charge is 2.30. The van der Waals surface area contributed by atoms with E-state index in [9.17, 15) is 0 Å². The van der Waals surface area contributed by atoms with Crippen LogP contribution in [-0.2, 0) is 0 Å². The Morgan fingerprint density at radius 3 is 1.78 bits per heavy atom. The van der Waals surface area contributed by atoms with Crippen LogP contribution in [0.3, 0.4) is 0 Å². The fourth-order valence-corrected chi connectivity index (χ4v) is 9.63. The fraction of sp³-hybridized carbons (Fsp3) is 0.0175. The minimum absolute atomic E-state index is 0.599. The first-order valence-electron chi connectivity index (χ1n) is 21.6. The molecule has 300 valence electrons. The molecule has 0 aliphatic carbocycles. The molecule has 3 aromatic heterocycles. The van der Waals surface area contributed by atoms with Crippen LogP contribution in [0.4, 0.5) is 17.2 Å². The molecule has 1 N–H and O–H groups in total. The summed E-state index contributed by atoms with van der Waals surface area (Å²) in [5.41, 5.74) is 13.7. The van der Waals surface area contributed by atoms with Crippen LogP contribution < -0.4 is 20.7 Å². The van der Waals surface area contributed by atoms with Gasteiger partial charge in [-0.05, 0) is 77.0 Å². The maximum atomic E-state index is 5.45. The summed E-state index contributed by atoms with van der Waals surface area (Å²) >= 11 is 0. The molecule has 0 atom stereocenters. The Morgan fingerprint density at radius 1 is 0.422 bits per heavy atom. The first-order valence-corrected chi connectivity index (χ1v) is 21.6. The molecule has 0 unspecified atom stereocenters. The van der Waals surface area contributed by atoms with E-state index in [4.69, 9.17) is 19.9 Å². The highest BCUT2D eigenvalue weighted by Crippen LogP contribution is 2.43. The molecule has 11 aromatic rings. The summed E-state index contributed by atoms with van der Waals surface area (Å²) in [5.74, 6) is 2.73. The van der Waals surface area contributed by atoms with Crippen LogP contribution in [0.25, 0.3) is 95.5 Å². The molecule has 7 heteroatoms. The number of anilines is 3. The predicted molar refractivity (Wildman–Crippen MR) is 260 cm³/mol. The third-order valence-electron chi connectivity index (χ3n) is 12.5. The summed E-state index contributed by atoms with van der Waals surface area (Å²) in [6, 6.07) is 70.3. The number of fused-ring (bicyclic) bond motifs is 7. The lowest BCUT2D eigenvalue weighted by atomic mass is 9.93. The lowest BCUT2D eigenvalue weighted by molar-refractivity contribution is 0.988. The maximum absolute atomic E-state index is 5.45. The van der Waals surface area contributed by atoms with E-state index in [1.807, 2.05) is 60.7 Å². The van der Waals surface area contributed by atoms with E-state index in [0.717, 1.165) is 78.1 Å². The molecule has 5 heterocycles. The van der Waals surface area contributed by atoms with Gasteiger partial charge in [-0.1, -0.05) is 146 Å². The predicted octanol–water partition coefficient (Wildman–Crippen LogP) is 11.5. The average molecular weight is 820 g/mol. The largest absolute Gasteiger partial charge is 0.380 e. The number of hydrogen-bond donors (Lipinski definition) is 1. The van der Waals surface area contributed by atoms with E-state index >= 15 is 0 Å². The van der Waals surface area contributed by atoms with Gasteiger partial charge in [-0.15, -0.1) is 0 Å². The quantitative estimate of drug-likeness (QED) is 0.180. The van der Waals surface area contributed by atoms with E-state index in [1.165, 1.54) is 27.0 Å². The highest BCUT2D eigenvalue weighted by molar-refractivity contribution is 6.10. The Balaban J connectivity index is 1.01. The lowest BCUT2D eigenvalue weighted by Crippen LogP contribution is -2.44. The van der Waals surface area contributed by atoms with Gasteiger partial charge < -0.3 is 9.88 Å². The Hall–Kier alpha value is -8.68. The van der Waals surface area contributed by atoms with Gasteiger partial charge in [0.2, 0.25) is 0 Å². The minimum atomic E-state index is 0.599. The van der Waals surface area contributed by atoms with Crippen molar-refractivity contribution in [3.8, 4) is 51.0 Å². The minimum Gasteiger partial charge on any atom is -0.380 e. The lowest BCUT2D eigenvalue weighted by Gasteiger charge is -2.34. The zero-order valence-corrected chi connectivity index (χ0v) is 34.5. The molecule has 0 fully saturated rings. The van der Waals surface area contributed by atoms with Crippen LogP contribution in [0.15, 0.2) is 200 Å². The van der Waals surface area contributed by atoms with Gasteiger partial charge in [0, 0.05) is 61.6 Å². The Morgan fingerprint density at radius 2 is 1.02 bits per heavy atom. The number of pyridine rings is 1. The summed E-state index contributed by atoms with van der Waals surface area (Å²) in [5, 5.41) is 9.69. The van der Waals surface area contributed by atoms with Crippen molar-refractivity contribution in [3.63, 3.8) is 0 Å². The molecule has 8 aromatic carbocycles. The second-order valence-corrected chi connectivity index (χ2v) is 16.3. The SMILES string of the molecule is C1=c2c3c(nc4ccccc24)N(c2cccc(-c4nc(-c5ccccc5)nc(-c5ccccc5)n4)c2)c2ccc(-c4ccc5c(c4)c4ccccc4n5-c4ccccc4)cc2C=3NC1. The van der Waals surface area contributed by atoms with Crippen LogP contribution >= 0.6 is 0 Å². The van der Waals surface area contributed by atoms with Crippen molar-refractivity contribution in [2.75, 3.05) is 11.4 Å². The summed E-state index contributed by atoms with van der Waals surface area (Å²) in [7, 11) is 0. The maximum Gasteiger partial charge on any atom is 0.164 e. The fourth-order valence-electron chi connectivity index (χ4n) is 9.63. The summed E-state index contributed by atoms with van der Waals surface area (Å²) < 4.78 is 2.36. The molecule has 0 saturated heterocycles. The number of nitrogens with one attached hydrogen (secondary N) is 1. The van der Waals surface area contributed by atoms with E-state index < -0.39 is 0 Å². The zero-order valence-electron chi connectivity index (χ0n) is 34.5. The van der Waals surface area contributed by atoms with Crippen molar-refractivity contribution in [2.24, 2.45) is 0 Å². The Kier molecular flexibility index (Phi) is 8.14. The van der Waals surface area contributed by atoms with Crippen molar-refractivity contribution in [1.29, 1.82) is 0 Å². The van der Waals surface area contributed by atoms with Crippen molar-refractivity contribution in [3.05, 3.63) is 216 Å². The van der Waals surface area contributed by atoms with Crippen molar-refractivity contribution >= 4 is 61.7 Å². The van der Waals surface area contributed by atoms with E-state index in [-0.39, 0.29) is 0 Å². The number of para-hydroxylation sites is 3. The standard InChI is InChI=1S/C57H37N7/c1-4-15-36(16-5-1)54-60-55(37-17-6-2-7-18-37)62-56(61-54)40-19-14-22-42(33-40)64-51-30-28-39(35-47(51)53-52-45(31-32-58-53)43-23-10-12-25-48(43)59-57(52)64)38-27-29-50-46(34-38)44-24-11-13-26-49(44)63(50)41-20-8-3-9-21-41/h1-31,33-35,58H,32H2. The highest BCUT2D eigenvalue weighted by atomic mass is 15.2. The van der Waals surface area contributed by atoms with E-state index in [1.54, 1.807) is 0 Å². The molecule has 13 rings (SSSR count). The van der Waals surface area contributed by atoms with Crippen molar-refractivity contribution < 1.29 is 0 Å². The summed E-state index contributed by atoms with van der Waals surface area (Å²) in [6.45, 7) is 0.715. The summed E-state index contributed by atoms with van der Waals surface area (Å²) in [6.07, 6.45) is 2.30. The van der Waals surface area contributed by atoms with Crippen LogP contribution in [0.2, 0.25) is 0 Å². The third kappa shape index (κ3) is 5.75. The van der Waals surface area contributed by atoms with Crippen LogP contribution in [0.1, 0.15) is 5.56 Å². The molecule has 64 heavy (non-hydrogen) atoms. The molecule has 0 spiro atoms. The van der Waals surface area contributed by atoms with Crippen molar-refractivity contribution in [1.82, 2.24) is 29.8 Å². The molecular formula is C57H37N7. The van der Waals surface area contributed by atoms with E-state index in [0.29, 0.717) is 24.0 Å². The van der Waals surface area contributed by atoms with Gasteiger partial charge in [-0.3, -0.25) is 4.90 Å². The second-order valence-electron chi connectivity index (χ2n) is 16.3. The van der Waals surface area contributed by atoms with Crippen LogP contribution in [0, 0.1) is 0 Å². The third-order valence-corrected chi connectivity index (χ3v) is 12.5. The van der Waals surface area contributed by atoms with Gasteiger partial charge in [0.05, 0.1) is 27.9 Å². The first-order chi connectivity index (χ1) is 31.7. The van der Waals surface area contributed by atoms with Gasteiger partial charge in [0.25, 0.3) is 0 Å². The normalized spacial score (nSPS) is 12.8. The molecule has 2 aliphatic rings. The topological polar surface area (TPSA) is 71.8 Å². The Bertz CT molecular complexity index is 3730. The van der Waals surface area contributed by atoms with Crippen LogP contribution in [0.5, 0.6) is 0 Å². The van der Waals surface area contributed by atoms with Crippen molar-refractivity contribution in [2.45, 2.75) is 0 Å². The summed E-state index contributed by atoms with van der Waals surface area (Å²) in [4.78, 5) is 22.9. The smallest absolute Gasteiger partial charge is 0.164 e. The van der Waals surface area contributed by atoms with Gasteiger partial charge >= 0.3 is 0 Å². The number of aromatic nitrogens is 5. The molecule has 2 aliphatic heterocycles.